The fraction of sp³-hybridized carbons (Fsp3) is 0.462. The van der Waals surface area contributed by atoms with Crippen LogP contribution in [0.4, 0.5) is 18.9 Å². The molecule has 0 aliphatic heterocycles. The lowest BCUT2D eigenvalue weighted by atomic mass is 10.0. The molecule has 1 rings (SSSR count). The Hall–Kier alpha value is -1.27. The van der Waals surface area contributed by atoms with Crippen molar-refractivity contribution >= 4 is 23.2 Å². The summed E-state index contributed by atoms with van der Waals surface area (Å²) in [5.41, 5.74) is -1.55. The van der Waals surface area contributed by atoms with Gasteiger partial charge in [-0.25, -0.2) is 0 Å². The minimum atomic E-state index is -4.46. The van der Waals surface area contributed by atoms with E-state index in [4.69, 9.17) is 11.6 Å². The highest BCUT2D eigenvalue weighted by atomic mass is 35.5. The van der Waals surface area contributed by atoms with Crippen LogP contribution in [0.1, 0.15) is 26.3 Å². The van der Waals surface area contributed by atoms with Gasteiger partial charge in [-0.3, -0.25) is 4.79 Å². The Balaban J connectivity index is 2.92. The molecule has 0 atom stereocenters. The maximum Gasteiger partial charge on any atom is 0.416 e. The van der Waals surface area contributed by atoms with Crippen molar-refractivity contribution in [1.29, 1.82) is 0 Å². The minimum absolute atomic E-state index is 0.149. The molecule has 0 radical (unpaired) electrons. The summed E-state index contributed by atoms with van der Waals surface area (Å²) in [7, 11) is 0. The third-order valence-electron chi connectivity index (χ3n) is 2.73. The molecule has 2 N–H and O–H groups in total. The van der Waals surface area contributed by atoms with Crippen molar-refractivity contribution in [3.05, 3.63) is 28.8 Å². The number of alkyl halides is 3. The van der Waals surface area contributed by atoms with Crippen LogP contribution in [-0.4, -0.2) is 18.0 Å². The number of hydrogen-bond donors (Lipinski definition) is 2. The van der Waals surface area contributed by atoms with Crippen LogP contribution in [0.3, 0.4) is 0 Å². The summed E-state index contributed by atoms with van der Waals surface area (Å²) in [6.45, 7) is 5.77. The molecule has 0 spiro atoms. The Morgan fingerprint density at radius 3 is 2.35 bits per heavy atom. The van der Waals surface area contributed by atoms with Crippen molar-refractivity contribution in [3.8, 4) is 0 Å². The molecule has 1 aromatic carbocycles. The van der Waals surface area contributed by atoms with Gasteiger partial charge >= 0.3 is 6.18 Å². The van der Waals surface area contributed by atoms with Gasteiger partial charge in [0.05, 0.1) is 21.8 Å². The first-order valence-electron chi connectivity index (χ1n) is 6.01. The molecule has 1 aromatic rings. The highest BCUT2D eigenvalue weighted by molar-refractivity contribution is 6.33. The summed E-state index contributed by atoms with van der Waals surface area (Å²) in [5.74, 6) is -0.374. The minimum Gasteiger partial charge on any atom is -0.323 e. The smallest absolute Gasteiger partial charge is 0.323 e. The van der Waals surface area contributed by atoms with Crippen LogP contribution < -0.4 is 10.6 Å². The Kier molecular flexibility index (Phi) is 5.05. The Labute approximate surface area is 120 Å². The molecule has 112 valence electrons. The Morgan fingerprint density at radius 1 is 1.30 bits per heavy atom. The molecule has 7 heteroatoms. The van der Waals surface area contributed by atoms with E-state index in [1.54, 1.807) is 13.8 Å². The van der Waals surface area contributed by atoms with E-state index in [9.17, 15) is 18.0 Å². The molecule has 20 heavy (non-hydrogen) atoms. The zero-order valence-corrected chi connectivity index (χ0v) is 12.1. The van der Waals surface area contributed by atoms with Crippen LogP contribution >= 0.6 is 11.6 Å². The van der Waals surface area contributed by atoms with E-state index in [0.29, 0.717) is 6.54 Å². The molecule has 0 bridgehead atoms. The number of carbonyl (C=O) groups is 1. The van der Waals surface area contributed by atoms with Crippen LogP contribution in [0.25, 0.3) is 0 Å². The first kappa shape index (κ1) is 16.8. The maximum absolute atomic E-state index is 12.5. The number of anilines is 1. The Morgan fingerprint density at radius 2 is 1.90 bits per heavy atom. The van der Waals surface area contributed by atoms with Crippen molar-refractivity contribution in [2.45, 2.75) is 32.5 Å². The van der Waals surface area contributed by atoms with Crippen LogP contribution in [-0.2, 0) is 11.0 Å². The lowest BCUT2D eigenvalue weighted by Gasteiger charge is -2.24. The van der Waals surface area contributed by atoms with E-state index in [0.717, 1.165) is 18.2 Å². The molecule has 0 fully saturated rings. The number of hydrogen-bond acceptors (Lipinski definition) is 2. The average molecular weight is 309 g/mol. The van der Waals surface area contributed by atoms with Crippen molar-refractivity contribution in [1.82, 2.24) is 5.32 Å². The van der Waals surface area contributed by atoms with Crippen LogP contribution in [0.2, 0.25) is 5.02 Å². The molecule has 3 nitrogen and oxygen atoms in total. The normalized spacial score (nSPS) is 12.3. The lowest BCUT2D eigenvalue weighted by Crippen LogP contribution is -2.49. The van der Waals surface area contributed by atoms with Gasteiger partial charge in [-0.1, -0.05) is 18.5 Å². The highest BCUT2D eigenvalue weighted by Crippen LogP contribution is 2.33. The fourth-order valence-corrected chi connectivity index (χ4v) is 1.82. The van der Waals surface area contributed by atoms with Gasteiger partial charge in [0.2, 0.25) is 5.91 Å². The predicted octanol–water partition coefficient (Wildman–Crippen LogP) is 3.69. The molecule has 0 heterocycles. The van der Waals surface area contributed by atoms with Crippen LogP contribution in [0, 0.1) is 0 Å². The van der Waals surface area contributed by atoms with Crippen molar-refractivity contribution in [3.63, 3.8) is 0 Å². The van der Waals surface area contributed by atoms with Gasteiger partial charge in [0.15, 0.2) is 0 Å². The number of rotatable bonds is 4. The van der Waals surface area contributed by atoms with Gasteiger partial charge in [0.25, 0.3) is 0 Å². The molecule has 0 saturated heterocycles. The van der Waals surface area contributed by atoms with E-state index < -0.39 is 17.3 Å². The van der Waals surface area contributed by atoms with Gasteiger partial charge in [0.1, 0.15) is 0 Å². The lowest BCUT2D eigenvalue weighted by molar-refractivity contribution is -0.137. The second kappa shape index (κ2) is 6.01. The molecule has 0 aliphatic carbocycles. The van der Waals surface area contributed by atoms with E-state index in [2.05, 4.69) is 10.6 Å². The molecular formula is C13H16ClF3N2O. The third-order valence-corrected chi connectivity index (χ3v) is 3.04. The molecule has 0 aromatic heterocycles. The second-order valence-electron chi connectivity index (χ2n) is 4.80. The number of amides is 1. The zero-order chi connectivity index (χ0) is 15.6. The Bertz CT molecular complexity index is 501. The van der Waals surface area contributed by atoms with E-state index in [1.165, 1.54) is 0 Å². The first-order chi connectivity index (χ1) is 9.08. The predicted molar refractivity (Wildman–Crippen MR) is 72.8 cm³/mol. The van der Waals surface area contributed by atoms with Gasteiger partial charge in [0, 0.05) is 0 Å². The summed E-state index contributed by atoms with van der Waals surface area (Å²) in [4.78, 5) is 12.0. The molecular weight excluding hydrogens is 293 g/mol. The standard InChI is InChI=1S/C13H16ClF3N2O/c1-4-18-12(2,3)11(20)19-10-6-5-8(7-9(10)14)13(15,16)17/h5-7,18H,4H2,1-3H3,(H,19,20). The summed E-state index contributed by atoms with van der Waals surface area (Å²) >= 11 is 5.77. The molecule has 0 aliphatic rings. The van der Waals surface area contributed by atoms with Crippen LogP contribution in [0.15, 0.2) is 18.2 Å². The quantitative estimate of drug-likeness (QED) is 0.891. The maximum atomic E-state index is 12.5. The zero-order valence-electron chi connectivity index (χ0n) is 11.4. The number of halogens is 4. The fourth-order valence-electron chi connectivity index (χ4n) is 1.59. The molecule has 0 unspecified atom stereocenters. The third kappa shape index (κ3) is 4.11. The number of nitrogens with one attached hydrogen (secondary N) is 2. The van der Waals surface area contributed by atoms with Crippen LogP contribution in [0.5, 0.6) is 0 Å². The first-order valence-corrected chi connectivity index (χ1v) is 6.39. The van der Waals surface area contributed by atoms with Crippen molar-refractivity contribution in [2.24, 2.45) is 0 Å². The second-order valence-corrected chi connectivity index (χ2v) is 5.21. The summed E-state index contributed by atoms with van der Waals surface area (Å²) in [5, 5.41) is 5.32. The van der Waals surface area contributed by atoms with Gasteiger partial charge in [-0.2, -0.15) is 13.2 Å². The summed E-state index contributed by atoms with van der Waals surface area (Å²) in [6, 6.07) is 2.81. The van der Waals surface area contributed by atoms with Gasteiger partial charge in [-0.15, -0.1) is 0 Å². The van der Waals surface area contributed by atoms with Gasteiger partial charge in [-0.05, 0) is 38.6 Å². The largest absolute Gasteiger partial charge is 0.416 e. The average Bonchev–Trinajstić information content (AvgIpc) is 2.30. The molecule has 1 amide bonds. The topological polar surface area (TPSA) is 41.1 Å². The number of carbonyl (C=O) groups excluding carboxylic acids is 1. The monoisotopic (exact) mass is 308 g/mol. The number of benzene rings is 1. The van der Waals surface area contributed by atoms with Crippen molar-refractivity contribution < 1.29 is 18.0 Å². The SMILES string of the molecule is CCNC(C)(C)C(=O)Nc1ccc(C(F)(F)F)cc1Cl. The highest BCUT2D eigenvalue weighted by Gasteiger charge is 2.31. The summed E-state index contributed by atoms with van der Waals surface area (Å²) in [6.07, 6.45) is -4.46. The van der Waals surface area contributed by atoms with E-state index in [-0.39, 0.29) is 16.6 Å². The van der Waals surface area contributed by atoms with E-state index in [1.807, 2.05) is 6.92 Å². The van der Waals surface area contributed by atoms with Gasteiger partial charge < -0.3 is 10.6 Å². The van der Waals surface area contributed by atoms with Crippen molar-refractivity contribution in [2.75, 3.05) is 11.9 Å². The van der Waals surface area contributed by atoms with E-state index >= 15 is 0 Å². The number of likely N-dealkylation sites (N-methyl/N-ethyl adjacent to an activating group) is 1. The summed E-state index contributed by atoms with van der Waals surface area (Å²) < 4.78 is 37.5. The molecule has 0 saturated carbocycles.